The molecule has 0 aromatic carbocycles. The predicted octanol–water partition coefficient (Wildman–Crippen LogP) is 1.20. The van der Waals surface area contributed by atoms with Crippen LogP contribution in [0.1, 0.15) is 19.8 Å². The molecule has 8 nitrogen and oxygen atoms in total. The van der Waals surface area contributed by atoms with Gasteiger partial charge in [0, 0.05) is 32.3 Å². The van der Waals surface area contributed by atoms with Gasteiger partial charge in [-0.2, -0.15) is 0 Å². The number of nitrogens with one attached hydrogen (secondary N) is 1. The number of hydrogen-bond donors (Lipinski definition) is 2. The van der Waals surface area contributed by atoms with Crippen LogP contribution in [-0.4, -0.2) is 65.8 Å². The normalized spacial score (nSPS) is 11.6. The van der Waals surface area contributed by atoms with Gasteiger partial charge in [-0.05, 0) is 6.42 Å². The molecule has 0 spiro atoms. The number of ether oxygens (including phenoxy) is 2. The number of aliphatic carboxylic acids is 1. The van der Waals surface area contributed by atoms with Crippen LogP contribution in [0, 0.1) is 0 Å². The first-order chi connectivity index (χ1) is 10.4. The fraction of sp³-hybridized carbons (Fsp3) is 0.750. The average Bonchev–Trinajstić information content (AvgIpc) is 2.45. The maximum absolute atomic E-state index is 12.0. The second kappa shape index (κ2) is 12.3. The second-order valence-corrected chi connectivity index (χ2v) is 4.83. The van der Waals surface area contributed by atoms with Gasteiger partial charge in [0.2, 0.25) is 0 Å². The summed E-state index contributed by atoms with van der Waals surface area (Å²) in [4.78, 5) is 34.4. The topological polar surface area (TPSA) is 105 Å². The molecular weight excluding hydrogens is 339 g/mol. The SMILES string of the molecule is CC(=O)OCOC(CCl)N(CCCl)C(=O)NCCCC(=O)O. The number of carbonyl (C=O) groups is 3. The van der Waals surface area contributed by atoms with Crippen molar-refractivity contribution in [3.05, 3.63) is 0 Å². The van der Waals surface area contributed by atoms with Crippen molar-refractivity contribution < 1.29 is 29.0 Å². The predicted molar refractivity (Wildman–Crippen MR) is 79.9 cm³/mol. The summed E-state index contributed by atoms with van der Waals surface area (Å²) in [5.41, 5.74) is 0. The Morgan fingerprint density at radius 3 is 2.50 bits per heavy atom. The zero-order valence-corrected chi connectivity index (χ0v) is 13.7. The minimum Gasteiger partial charge on any atom is -0.481 e. The number of halogens is 2. The summed E-state index contributed by atoms with van der Waals surface area (Å²) >= 11 is 11.4. The number of carboxylic acids is 1. The summed E-state index contributed by atoms with van der Waals surface area (Å²) in [6, 6.07) is -0.487. The number of alkyl halides is 2. The summed E-state index contributed by atoms with van der Waals surface area (Å²) in [5.74, 6) is -1.33. The molecule has 0 aromatic rings. The van der Waals surface area contributed by atoms with E-state index in [2.05, 4.69) is 10.1 Å². The van der Waals surface area contributed by atoms with Crippen LogP contribution >= 0.6 is 23.2 Å². The van der Waals surface area contributed by atoms with E-state index in [1.807, 2.05) is 0 Å². The first-order valence-electron chi connectivity index (χ1n) is 6.55. The largest absolute Gasteiger partial charge is 0.481 e. The molecule has 1 unspecified atom stereocenters. The number of hydrogen-bond acceptors (Lipinski definition) is 5. The van der Waals surface area contributed by atoms with Crippen molar-refractivity contribution in [3.63, 3.8) is 0 Å². The Bertz CT molecular complexity index is 370. The summed E-state index contributed by atoms with van der Waals surface area (Å²) in [6.07, 6.45) is -0.563. The molecule has 0 saturated heterocycles. The maximum atomic E-state index is 12.0. The molecule has 0 aromatic heterocycles. The van der Waals surface area contributed by atoms with Crippen LogP contribution in [0.2, 0.25) is 0 Å². The summed E-state index contributed by atoms with van der Waals surface area (Å²) in [6.45, 7) is 1.26. The third kappa shape index (κ3) is 9.64. The number of carbonyl (C=O) groups excluding carboxylic acids is 2. The molecule has 0 rings (SSSR count). The van der Waals surface area contributed by atoms with E-state index in [9.17, 15) is 14.4 Å². The molecule has 0 aliphatic carbocycles. The highest BCUT2D eigenvalue weighted by Crippen LogP contribution is 2.06. The smallest absolute Gasteiger partial charge is 0.319 e. The van der Waals surface area contributed by atoms with Gasteiger partial charge in [0.25, 0.3) is 0 Å². The van der Waals surface area contributed by atoms with E-state index in [1.54, 1.807) is 0 Å². The number of esters is 1. The molecule has 0 aliphatic heterocycles. The van der Waals surface area contributed by atoms with E-state index in [-0.39, 0.29) is 38.1 Å². The quantitative estimate of drug-likeness (QED) is 0.249. The van der Waals surface area contributed by atoms with Crippen molar-refractivity contribution >= 4 is 41.2 Å². The molecule has 2 amide bonds. The molecule has 22 heavy (non-hydrogen) atoms. The molecule has 0 fully saturated rings. The van der Waals surface area contributed by atoms with Crippen molar-refractivity contribution in [2.75, 3.05) is 31.6 Å². The van der Waals surface area contributed by atoms with Gasteiger partial charge in [-0.15, -0.1) is 23.2 Å². The molecule has 1 atom stereocenters. The lowest BCUT2D eigenvalue weighted by atomic mass is 10.3. The van der Waals surface area contributed by atoms with Crippen LogP contribution < -0.4 is 5.32 Å². The molecule has 0 aliphatic rings. The highest BCUT2D eigenvalue weighted by Gasteiger charge is 2.23. The van der Waals surface area contributed by atoms with Crippen LogP contribution in [-0.2, 0) is 19.1 Å². The fourth-order valence-corrected chi connectivity index (χ4v) is 1.85. The molecular formula is C12H20Cl2N2O6. The minimum atomic E-state index is -0.935. The molecule has 0 radical (unpaired) electrons. The second-order valence-electron chi connectivity index (χ2n) is 4.14. The molecule has 0 saturated carbocycles. The van der Waals surface area contributed by atoms with Gasteiger partial charge >= 0.3 is 18.0 Å². The van der Waals surface area contributed by atoms with Crippen molar-refractivity contribution in [1.82, 2.24) is 10.2 Å². The first-order valence-corrected chi connectivity index (χ1v) is 7.62. The van der Waals surface area contributed by atoms with Crippen LogP contribution in [0.15, 0.2) is 0 Å². The summed E-state index contributed by atoms with van der Waals surface area (Å²) < 4.78 is 9.85. The van der Waals surface area contributed by atoms with Gasteiger partial charge in [0.05, 0.1) is 5.88 Å². The minimum absolute atomic E-state index is 0.0410. The van der Waals surface area contributed by atoms with Crippen molar-refractivity contribution in [3.8, 4) is 0 Å². The van der Waals surface area contributed by atoms with Crippen molar-refractivity contribution in [2.24, 2.45) is 0 Å². The van der Waals surface area contributed by atoms with Crippen LogP contribution in [0.3, 0.4) is 0 Å². The average molecular weight is 359 g/mol. The van der Waals surface area contributed by atoms with Gasteiger partial charge in [-0.25, -0.2) is 4.79 Å². The molecule has 0 heterocycles. The number of urea groups is 1. The summed E-state index contributed by atoms with van der Waals surface area (Å²) in [5, 5.41) is 11.1. The van der Waals surface area contributed by atoms with Gasteiger partial charge in [-0.1, -0.05) is 0 Å². The monoisotopic (exact) mass is 358 g/mol. The third-order valence-corrected chi connectivity index (χ3v) is 2.87. The van der Waals surface area contributed by atoms with Gasteiger partial charge in [0.15, 0.2) is 13.0 Å². The molecule has 2 N–H and O–H groups in total. The van der Waals surface area contributed by atoms with Crippen molar-refractivity contribution in [2.45, 2.75) is 26.0 Å². The highest BCUT2D eigenvalue weighted by molar-refractivity contribution is 6.18. The van der Waals surface area contributed by atoms with Crippen LogP contribution in [0.5, 0.6) is 0 Å². The van der Waals surface area contributed by atoms with E-state index < -0.39 is 24.2 Å². The Hall–Kier alpha value is -1.25. The van der Waals surface area contributed by atoms with E-state index in [0.717, 1.165) is 0 Å². The third-order valence-electron chi connectivity index (χ3n) is 2.43. The number of carboxylic acid groups (broad SMARTS) is 1. The zero-order valence-electron chi connectivity index (χ0n) is 12.2. The summed E-state index contributed by atoms with van der Waals surface area (Å²) in [7, 11) is 0. The standard InChI is InChI=1S/C12H20Cl2N2O6/c1-9(17)21-8-22-10(7-14)16(6-4-13)12(20)15-5-2-3-11(18)19/h10H,2-8H2,1H3,(H,15,20)(H,18,19). The van der Waals surface area contributed by atoms with E-state index >= 15 is 0 Å². The van der Waals surface area contributed by atoms with E-state index in [4.69, 9.17) is 33.0 Å². The van der Waals surface area contributed by atoms with Crippen molar-refractivity contribution in [1.29, 1.82) is 0 Å². The lowest BCUT2D eigenvalue weighted by molar-refractivity contribution is -0.163. The zero-order chi connectivity index (χ0) is 17.0. The first kappa shape index (κ1) is 20.8. The lowest BCUT2D eigenvalue weighted by Crippen LogP contribution is -2.49. The molecule has 0 bridgehead atoms. The Balaban J connectivity index is 4.40. The molecule has 10 heteroatoms. The number of rotatable bonds is 11. The molecule has 128 valence electrons. The number of nitrogens with zero attached hydrogens (tertiary/aromatic N) is 1. The van der Waals surface area contributed by atoms with Gasteiger partial charge in [0.1, 0.15) is 0 Å². The Kier molecular flexibility index (Phi) is 11.6. The Labute approximate surface area is 138 Å². The number of amides is 2. The Morgan fingerprint density at radius 1 is 1.32 bits per heavy atom. The Morgan fingerprint density at radius 2 is 2.00 bits per heavy atom. The van der Waals surface area contributed by atoms with Crippen LogP contribution in [0.4, 0.5) is 4.79 Å². The van der Waals surface area contributed by atoms with Gasteiger partial charge in [-0.3, -0.25) is 14.5 Å². The van der Waals surface area contributed by atoms with Crippen LogP contribution in [0.25, 0.3) is 0 Å². The van der Waals surface area contributed by atoms with E-state index in [0.29, 0.717) is 6.42 Å². The van der Waals surface area contributed by atoms with Gasteiger partial charge < -0.3 is 19.9 Å². The maximum Gasteiger partial charge on any atom is 0.319 e. The lowest BCUT2D eigenvalue weighted by Gasteiger charge is -2.29. The van der Waals surface area contributed by atoms with E-state index in [1.165, 1.54) is 11.8 Å². The fourth-order valence-electron chi connectivity index (χ4n) is 1.42. The highest BCUT2D eigenvalue weighted by atomic mass is 35.5.